The lowest BCUT2D eigenvalue weighted by molar-refractivity contribution is -0.147. The number of benzene rings is 1. The number of carbonyl (C=O) groups is 1. The molecule has 0 aliphatic carbocycles. The fourth-order valence-electron chi connectivity index (χ4n) is 2.75. The molecule has 1 aromatic rings. The van der Waals surface area contributed by atoms with Crippen LogP contribution >= 0.6 is 0 Å². The van der Waals surface area contributed by atoms with Gasteiger partial charge in [0.1, 0.15) is 0 Å². The Bertz CT molecular complexity index is 629. The number of carboxylic acids is 1. The number of fused-ring (bicyclic) bond motifs is 1. The number of rotatable bonds is 3. The van der Waals surface area contributed by atoms with Crippen LogP contribution in [0, 0.1) is 12.3 Å². The van der Waals surface area contributed by atoms with Gasteiger partial charge in [-0.1, -0.05) is 12.1 Å². The van der Waals surface area contributed by atoms with E-state index in [1.54, 1.807) is 26.0 Å². The number of hydrogen-bond donors (Lipinski definition) is 1. The van der Waals surface area contributed by atoms with Gasteiger partial charge in [0.2, 0.25) is 0 Å². The predicted molar refractivity (Wildman–Crippen MR) is 72.0 cm³/mol. The maximum absolute atomic E-state index is 12.1. The number of hydrogen-bond acceptors (Lipinski definition) is 3. The van der Waals surface area contributed by atoms with Gasteiger partial charge in [-0.15, -0.1) is 0 Å². The first kappa shape index (κ1) is 14.1. The van der Waals surface area contributed by atoms with Crippen LogP contribution < -0.4 is 0 Å². The zero-order chi connectivity index (χ0) is 14.4. The minimum atomic E-state index is -3.27. The second-order valence-electron chi connectivity index (χ2n) is 5.86. The standard InChI is InChI=1S/C14H18O4S/c1-9-5-4-6-11-12(9)10(8-19(11,17)18)7-14(2,3)13(15)16/h4-6,10H,7-8H2,1-3H3,(H,15,16). The van der Waals surface area contributed by atoms with Gasteiger partial charge in [-0.25, -0.2) is 8.42 Å². The van der Waals surface area contributed by atoms with E-state index in [4.69, 9.17) is 0 Å². The Balaban J connectivity index is 2.46. The Hall–Kier alpha value is -1.36. The van der Waals surface area contributed by atoms with Crippen molar-refractivity contribution in [3.63, 3.8) is 0 Å². The molecule has 19 heavy (non-hydrogen) atoms. The zero-order valence-electron chi connectivity index (χ0n) is 11.3. The molecule has 104 valence electrons. The highest BCUT2D eigenvalue weighted by atomic mass is 32.2. The third kappa shape index (κ3) is 2.39. The highest BCUT2D eigenvalue weighted by molar-refractivity contribution is 7.91. The van der Waals surface area contributed by atoms with Gasteiger partial charge in [0, 0.05) is 5.92 Å². The summed E-state index contributed by atoms with van der Waals surface area (Å²) in [5.41, 5.74) is 0.797. The first-order valence-corrected chi connectivity index (χ1v) is 7.86. The maximum Gasteiger partial charge on any atom is 0.309 e. The summed E-state index contributed by atoms with van der Waals surface area (Å²) in [5.74, 6) is -1.11. The average Bonchev–Trinajstić information content (AvgIpc) is 2.51. The van der Waals surface area contributed by atoms with Crippen molar-refractivity contribution in [2.24, 2.45) is 5.41 Å². The average molecular weight is 282 g/mol. The predicted octanol–water partition coefficient (Wildman–Crippen LogP) is 2.37. The summed E-state index contributed by atoms with van der Waals surface area (Å²) in [6.45, 7) is 5.15. The van der Waals surface area contributed by atoms with Crippen molar-refractivity contribution in [1.82, 2.24) is 0 Å². The van der Waals surface area contributed by atoms with Gasteiger partial charge in [-0.3, -0.25) is 4.79 Å². The van der Waals surface area contributed by atoms with Crippen LogP contribution in [0.25, 0.3) is 0 Å². The first-order chi connectivity index (χ1) is 8.65. The molecular formula is C14H18O4S. The maximum atomic E-state index is 12.1. The molecule has 0 fully saturated rings. The number of aliphatic carboxylic acids is 1. The van der Waals surface area contributed by atoms with Crippen LogP contribution in [0.15, 0.2) is 23.1 Å². The van der Waals surface area contributed by atoms with Crippen molar-refractivity contribution < 1.29 is 18.3 Å². The van der Waals surface area contributed by atoms with Gasteiger partial charge in [-0.05, 0) is 44.4 Å². The summed E-state index contributed by atoms with van der Waals surface area (Å²) >= 11 is 0. The number of aryl methyl sites for hydroxylation is 1. The lowest BCUT2D eigenvalue weighted by atomic mass is 9.80. The smallest absolute Gasteiger partial charge is 0.309 e. The van der Waals surface area contributed by atoms with Crippen molar-refractivity contribution in [3.05, 3.63) is 29.3 Å². The molecule has 2 rings (SSSR count). The summed E-state index contributed by atoms with van der Waals surface area (Å²) in [4.78, 5) is 11.6. The van der Waals surface area contributed by atoms with Crippen LogP contribution in [-0.2, 0) is 14.6 Å². The topological polar surface area (TPSA) is 71.4 Å². The molecule has 1 heterocycles. The second kappa shape index (κ2) is 4.34. The molecule has 0 saturated heterocycles. The van der Waals surface area contributed by atoms with E-state index < -0.39 is 21.2 Å². The highest BCUT2D eigenvalue weighted by Crippen LogP contribution is 2.43. The van der Waals surface area contributed by atoms with E-state index >= 15 is 0 Å². The van der Waals surface area contributed by atoms with Crippen LogP contribution in [0.3, 0.4) is 0 Å². The summed E-state index contributed by atoms with van der Waals surface area (Å²) in [5, 5.41) is 9.20. The lowest BCUT2D eigenvalue weighted by Crippen LogP contribution is -2.26. The first-order valence-electron chi connectivity index (χ1n) is 6.21. The lowest BCUT2D eigenvalue weighted by Gasteiger charge is -2.23. The van der Waals surface area contributed by atoms with Crippen molar-refractivity contribution in [2.45, 2.75) is 38.0 Å². The van der Waals surface area contributed by atoms with E-state index in [1.807, 2.05) is 13.0 Å². The molecule has 1 N–H and O–H groups in total. The Morgan fingerprint density at radius 3 is 2.63 bits per heavy atom. The van der Waals surface area contributed by atoms with Crippen LogP contribution in [0.2, 0.25) is 0 Å². The van der Waals surface area contributed by atoms with E-state index in [0.29, 0.717) is 11.3 Å². The quantitative estimate of drug-likeness (QED) is 0.923. The van der Waals surface area contributed by atoms with Crippen molar-refractivity contribution in [3.8, 4) is 0 Å². The monoisotopic (exact) mass is 282 g/mol. The number of carboxylic acid groups (broad SMARTS) is 1. The SMILES string of the molecule is Cc1cccc2c1C(CC(C)(C)C(=O)O)CS2(=O)=O. The molecule has 1 aliphatic rings. The van der Waals surface area contributed by atoms with E-state index in [2.05, 4.69) is 0 Å². The van der Waals surface area contributed by atoms with Gasteiger partial charge in [-0.2, -0.15) is 0 Å². The van der Waals surface area contributed by atoms with E-state index in [9.17, 15) is 18.3 Å². The highest BCUT2D eigenvalue weighted by Gasteiger charge is 2.40. The minimum absolute atomic E-state index is 0.0178. The van der Waals surface area contributed by atoms with E-state index in [-0.39, 0.29) is 11.7 Å². The van der Waals surface area contributed by atoms with Crippen LogP contribution in [0.4, 0.5) is 0 Å². The number of sulfone groups is 1. The molecule has 1 unspecified atom stereocenters. The normalized spacial score (nSPS) is 21.1. The van der Waals surface area contributed by atoms with Crippen LogP contribution in [-0.4, -0.2) is 25.2 Å². The molecular weight excluding hydrogens is 264 g/mol. The van der Waals surface area contributed by atoms with Crippen LogP contribution in [0.1, 0.15) is 37.3 Å². The minimum Gasteiger partial charge on any atom is -0.481 e. The molecule has 0 aromatic heterocycles. The van der Waals surface area contributed by atoms with E-state index in [0.717, 1.165) is 11.1 Å². The Labute approximate surface area is 113 Å². The third-order valence-electron chi connectivity index (χ3n) is 3.78. The molecule has 1 aliphatic heterocycles. The summed E-state index contributed by atoms with van der Waals surface area (Å²) < 4.78 is 24.2. The summed E-state index contributed by atoms with van der Waals surface area (Å²) in [6.07, 6.45) is 0.333. The van der Waals surface area contributed by atoms with Gasteiger partial charge < -0.3 is 5.11 Å². The van der Waals surface area contributed by atoms with Crippen LogP contribution in [0.5, 0.6) is 0 Å². The Kier molecular flexibility index (Phi) is 3.21. The third-order valence-corrected chi connectivity index (χ3v) is 5.65. The van der Waals surface area contributed by atoms with E-state index in [1.165, 1.54) is 0 Å². The molecule has 1 aromatic carbocycles. The van der Waals surface area contributed by atoms with Gasteiger partial charge in [0.25, 0.3) is 0 Å². The molecule has 0 spiro atoms. The molecule has 5 heteroatoms. The molecule has 0 saturated carbocycles. The zero-order valence-corrected chi connectivity index (χ0v) is 12.1. The molecule has 0 amide bonds. The van der Waals surface area contributed by atoms with Crippen molar-refractivity contribution in [2.75, 3.05) is 5.75 Å². The Morgan fingerprint density at radius 1 is 1.42 bits per heavy atom. The fraction of sp³-hybridized carbons (Fsp3) is 0.500. The summed E-state index contributed by atoms with van der Waals surface area (Å²) in [7, 11) is -3.27. The summed E-state index contributed by atoms with van der Waals surface area (Å²) in [6, 6.07) is 5.22. The van der Waals surface area contributed by atoms with Crippen molar-refractivity contribution in [1.29, 1.82) is 0 Å². The van der Waals surface area contributed by atoms with Gasteiger partial charge >= 0.3 is 5.97 Å². The van der Waals surface area contributed by atoms with Crippen molar-refractivity contribution >= 4 is 15.8 Å². The Morgan fingerprint density at radius 2 is 2.05 bits per heavy atom. The second-order valence-corrected chi connectivity index (χ2v) is 7.86. The molecule has 4 nitrogen and oxygen atoms in total. The van der Waals surface area contributed by atoms with Gasteiger partial charge in [0.15, 0.2) is 9.84 Å². The van der Waals surface area contributed by atoms with Gasteiger partial charge in [0.05, 0.1) is 16.1 Å². The largest absolute Gasteiger partial charge is 0.481 e. The molecule has 0 radical (unpaired) electrons. The fourth-order valence-corrected chi connectivity index (χ4v) is 4.69. The molecule has 0 bridgehead atoms. The molecule has 1 atom stereocenters.